The molecule has 1 rings (SSSR count). The second-order valence-corrected chi connectivity index (χ2v) is 3.62. The summed E-state index contributed by atoms with van der Waals surface area (Å²) in [6.07, 6.45) is -0.438. The van der Waals surface area contributed by atoms with Crippen LogP contribution in [0.1, 0.15) is 23.7 Å². The van der Waals surface area contributed by atoms with Crippen molar-refractivity contribution >= 4 is 0 Å². The van der Waals surface area contributed by atoms with Gasteiger partial charge in [-0.1, -0.05) is 0 Å². The van der Waals surface area contributed by atoms with Crippen LogP contribution in [0.15, 0.2) is 12.3 Å². The van der Waals surface area contributed by atoms with Gasteiger partial charge in [0, 0.05) is 23.9 Å². The summed E-state index contributed by atoms with van der Waals surface area (Å²) in [6, 6.07) is 1.71. The van der Waals surface area contributed by atoms with Gasteiger partial charge in [-0.05, 0) is 19.4 Å². The highest BCUT2D eigenvalue weighted by molar-refractivity contribution is 5.29. The molecule has 0 bridgehead atoms. The fraction of sp³-hybridized carbons (Fsp3) is 0.545. The third-order valence-electron chi connectivity index (χ3n) is 2.38. The minimum atomic E-state index is -1.04. The van der Waals surface area contributed by atoms with Crippen LogP contribution in [0.3, 0.4) is 0 Å². The second kappa shape index (κ2) is 5.79. The molecule has 0 radical (unpaired) electrons. The van der Waals surface area contributed by atoms with Gasteiger partial charge >= 0.3 is 0 Å². The highest BCUT2D eigenvalue weighted by atomic mass is 16.5. The van der Waals surface area contributed by atoms with E-state index in [1.807, 2.05) is 0 Å². The quantitative estimate of drug-likeness (QED) is 0.668. The minimum absolute atomic E-state index is 0.131. The van der Waals surface area contributed by atoms with Crippen LogP contribution in [0.25, 0.3) is 0 Å². The Bertz CT molecular complexity index is 343. The maximum Gasteiger partial charge on any atom is 0.215 e. The van der Waals surface area contributed by atoms with Crippen molar-refractivity contribution in [1.29, 1.82) is 0 Å². The number of aromatic nitrogens is 1. The Balaban J connectivity index is 2.84. The van der Waals surface area contributed by atoms with Gasteiger partial charge < -0.3 is 20.1 Å². The molecule has 90 valence electrons. The summed E-state index contributed by atoms with van der Waals surface area (Å²) in [7, 11) is 1.52. The van der Waals surface area contributed by atoms with Gasteiger partial charge in [0.2, 0.25) is 5.88 Å². The lowest BCUT2D eigenvalue weighted by atomic mass is 10.0. The molecule has 0 spiro atoms. The number of aliphatic hydroxyl groups excluding tert-OH is 3. The topological polar surface area (TPSA) is 82.8 Å². The summed E-state index contributed by atoms with van der Waals surface area (Å²) in [6.45, 7) is 1.64. The first-order valence-electron chi connectivity index (χ1n) is 5.07. The van der Waals surface area contributed by atoms with E-state index < -0.39 is 12.2 Å². The molecule has 0 saturated heterocycles. The highest BCUT2D eigenvalue weighted by Gasteiger charge is 2.18. The first-order chi connectivity index (χ1) is 7.60. The average Bonchev–Trinajstić information content (AvgIpc) is 2.28. The lowest BCUT2D eigenvalue weighted by molar-refractivity contribution is 0.00397. The number of methoxy groups -OCH3 is 1. The minimum Gasteiger partial charge on any atom is -0.481 e. The number of rotatable bonds is 5. The SMILES string of the molecule is COc1ncc(C(O)C(O)CCO)cc1C. The number of aryl methyl sites for hydroxylation is 1. The number of hydrogen-bond donors (Lipinski definition) is 3. The molecule has 0 fully saturated rings. The van der Waals surface area contributed by atoms with Crippen LogP contribution < -0.4 is 4.74 Å². The van der Waals surface area contributed by atoms with E-state index in [0.717, 1.165) is 5.56 Å². The lowest BCUT2D eigenvalue weighted by Gasteiger charge is -2.17. The number of pyridine rings is 1. The normalized spacial score (nSPS) is 14.6. The van der Waals surface area contributed by atoms with Crippen LogP contribution in [-0.2, 0) is 0 Å². The van der Waals surface area contributed by atoms with Crippen LogP contribution in [0, 0.1) is 6.92 Å². The molecule has 1 aromatic rings. The molecule has 0 aliphatic heterocycles. The zero-order chi connectivity index (χ0) is 12.1. The maximum absolute atomic E-state index is 9.77. The van der Waals surface area contributed by atoms with Gasteiger partial charge in [0.15, 0.2) is 0 Å². The van der Waals surface area contributed by atoms with Crippen molar-refractivity contribution < 1.29 is 20.1 Å². The Morgan fingerprint density at radius 3 is 2.62 bits per heavy atom. The van der Waals surface area contributed by atoms with Gasteiger partial charge in [-0.15, -0.1) is 0 Å². The fourth-order valence-electron chi connectivity index (χ4n) is 1.47. The molecular formula is C11H17NO4. The Morgan fingerprint density at radius 1 is 1.44 bits per heavy atom. The zero-order valence-electron chi connectivity index (χ0n) is 9.42. The van der Waals surface area contributed by atoms with E-state index in [2.05, 4.69) is 4.98 Å². The van der Waals surface area contributed by atoms with Crippen molar-refractivity contribution in [2.24, 2.45) is 0 Å². The van der Waals surface area contributed by atoms with Crippen molar-refractivity contribution in [1.82, 2.24) is 4.98 Å². The van der Waals surface area contributed by atoms with Gasteiger partial charge in [0.05, 0.1) is 13.2 Å². The van der Waals surface area contributed by atoms with Gasteiger partial charge in [0.1, 0.15) is 6.10 Å². The summed E-state index contributed by atoms with van der Waals surface area (Å²) < 4.78 is 4.99. The molecule has 1 heterocycles. The Kier molecular flexibility index (Phi) is 4.67. The first kappa shape index (κ1) is 12.9. The van der Waals surface area contributed by atoms with E-state index in [1.54, 1.807) is 13.0 Å². The molecule has 0 aliphatic rings. The molecule has 0 amide bonds. The summed E-state index contributed by atoms with van der Waals surface area (Å²) in [4.78, 5) is 4.00. The van der Waals surface area contributed by atoms with E-state index in [1.165, 1.54) is 13.3 Å². The van der Waals surface area contributed by atoms with Crippen molar-refractivity contribution in [2.45, 2.75) is 25.6 Å². The summed E-state index contributed by atoms with van der Waals surface area (Å²) >= 11 is 0. The molecule has 5 nitrogen and oxygen atoms in total. The van der Waals surface area contributed by atoms with E-state index in [4.69, 9.17) is 9.84 Å². The van der Waals surface area contributed by atoms with Gasteiger partial charge in [-0.25, -0.2) is 4.98 Å². The Hall–Kier alpha value is -1.17. The molecule has 5 heteroatoms. The van der Waals surface area contributed by atoms with Crippen LogP contribution >= 0.6 is 0 Å². The van der Waals surface area contributed by atoms with E-state index in [0.29, 0.717) is 11.4 Å². The number of nitrogens with zero attached hydrogens (tertiary/aromatic N) is 1. The van der Waals surface area contributed by atoms with Crippen LogP contribution in [-0.4, -0.2) is 40.1 Å². The predicted octanol–water partition coefficient (Wildman–Crippen LogP) is 0.175. The van der Waals surface area contributed by atoms with Crippen LogP contribution in [0.2, 0.25) is 0 Å². The standard InChI is InChI=1S/C11H17NO4/c1-7-5-8(6-12-11(7)16-2)10(15)9(14)3-4-13/h5-6,9-10,13-15H,3-4H2,1-2H3. The van der Waals surface area contributed by atoms with Gasteiger partial charge in [-0.2, -0.15) is 0 Å². The Labute approximate surface area is 94.3 Å². The molecule has 3 N–H and O–H groups in total. The fourth-order valence-corrected chi connectivity index (χ4v) is 1.47. The number of hydrogen-bond acceptors (Lipinski definition) is 5. The van der Waals surface area contributed by atoms with E-state index >= 15 is 0 Å². The predicted molar refractivity (Wildman–Crippen MR) is 58.2 cm³/mol. The van der Waals surface area contributed by atoms with Crippen molar-refractivity contribution in [3.05, 3.63) is 23.4 Å². The monoisotopic (exact) mass is 227 g/mol. The van der Waals surface area contributed by atoms with Crippen molar-refractivity contribution in [3.8, 4) is 5.88 Å². The zero-order valence-corrected chi connectivity index (χ0v) is 9.42. The summed E-state index contributed by atoms with van der Waals surface area (Å²) in [5, 5.41) is 27.9. The number of aliphatic hydroxyl groups is 3. The maximum atomic E-state index is 9.77. The molecule has 16 heavy (non-hydrogen) atoms. The largest absolute Gasteiger partial charge is 0.481 e. The van der Waals surface area contributed by atoms with Crippen molar-refractivity contribution in [3.63, 3.8) is 0 Å². The highest BCUT2D eigenvalue weighted by Crippen LogP contribution is 2.22. The van der Waals surface area contributed by atoms with Gasteiger partial charge in [0.25, 0.3) is 0 Å². The average molecular weight is 227 g/mol. The van der Waals surface area contributed by atoms with Gasteiger partial charge in [-0.3, -0.25) is 0 Å². The molecule has 0 saturated carbocycles. The molecule has 0 aromatic carbocycles. The van der Waals surface area contributed by atoms with Crippen LogP contribution in [0.4, 0.5) is 0 Å². The molecule has 1 aromatic heterocycles. The molecule has 2 unspecified atom stereocenters. The third kappa shape index (κ3) is 2.91. The summed E-state index contributed by atoms with van der Waals surface area (Å²) in [5.41, 5.74) is 1.30. The second-order valence-electron chi connectivity index (χ2n) is 3.62. The third-order valence-corrected chi connectivity index (χ3v) is 2.38. The lowest BCUT2D eigenvalue weighted by Crippen LogP contribution is -2.19. The van der Waals surface area contributed by atoms with E-state index in [-0.39, 0.29) is 13.0 Å². The molecule has 0 aliphatic carbocycles. The van der Waals surface area contributed by atoms with Crippen LogP contribution in [0.5, 0.6) is 5.88 Å². The van der Waals surface area contributed by atoms with Crippen molar-refractivity contribution in [2.75, 3.05) is 13.7 Å². The smallest absolute Gasteiger partial charge is 0.215 e. The Morgan fingerprint density at radius 2 is 2.12 bits per heavy atom. The molecular weight excluding hydrogens is 210 g/mol. The first-order valence-corrected chi connectivity index (χ1v) is 5.07. The number of ether oxygens (including phenoxy) is 1. The summed E-state index contributed by atoms with van der Waals surface area (Å²) in [5.74, 6) is 0.493. The molecule has 2 atom stereocenters. The van der Waals surface area contributed by atoms with E-state index in [9.17, 15) is 10.2 Å².